The number of pyridine rings is 1. The van der Waals surface area contributed by atoms with Crippen molar-refractivity contribution < 1.29 is 23.8 Å². The Kier molecular flexibility index (Phi) is 7.19. The molecule has 39 heavy (non-hydrogen) atoms. The van der Waals surface area contributed by atoms with Crippen molar-refractivity contribution in [3.05, 3.63) is 65.3 Å². The molecule has 2 aromatic carbocycles. The van der Waals surface area contributed by atoms with E-state index in [4.69, 9.17) is 21.1 Å². The van der Waals surface area contributed by atoms with E-state index in [1.807, 2.05) is 6.92 Å². The maximum absolute atomic E-state index is 15.1. The maximum atomic E-state index is 15.1. The van der Waals surface area contributed by atoms with Gasteiger partial charge in [-0.15, -0.1) is 11.3 Å². The minimum Gasteiger partial charge on any atom is -0.485 e. The molecule has 0 aliphatic carbocycles. The van der Waals surface area contributed by atoms with Gasteiger partial charge in [0.25, 0.3) is 0 Å². The Bertz CT molecular complexity index is 1700. The molecule has 0 bridgehead atoms. The highest BCUT2D eigenvalue weighted by molar-refractivity contribution is 7.21. The second kappa shape index (κ2) is 10.6. The first kappa shape index (κ1) is 26.5. The number of halogens is 2. The van der Waals surface area contributed by atoms with Crippen LogP contribution < -0.4 is 14.4 Å². The molecular weight excluding hydrogens is 545 g/mol. The van der Waals surface area contributed by atoms with Crippen molar-refractivity contribution in [2.45, 2.75) is 32.9 Å². The number of amides is 1. The van der Waals surface area contributed by atoms with Crippen LogP contribution in [-0.2, 0) is 0 Å². The van der Waals surface area contributed by atoms with Crippen LogP contribution in [-0.4, -0.2) is 50.4 Å². The third-order valence-electron chi connectivity index (χ3n) is 6.25. The number of aryl methyl sites for hydroxylation is 1. The number of hydrogen-bond donors (Lipinski definition) is 1. The first-order chi connectivity index (χ1) is 18.6. The molecule has 5 rings (SSSR count). The monoisotopic (exact) mass is 567 g/mol. The fourth-order valence-electron chi connectivity index (χ4n) is 4.10. The van der Waals surface area contributed by atoms with Crippen LogP contribution in [0.2, 0.25) is 5.02 Å². The summed E-state index contributed by atoms with van der Waals surface area (Å²) in [6.07, 6.45) is 1.14. The van der Waals surface area contributed by atoms with E-state index in [0.717, 1.165) is 10.6 Å². The highest BCUT2D eigenvalue weighted by Gasteiger charge is 2.28. The van der Waals surface area contributed by atoms with Gasteiger partial charge in [-0.25, -0.2) is 24.1 Å². The van der Waals surface area contributed by atoms with Crippen LogP contribution in [0.1, 0.15) is 19.5 Å². The SMILES string of the molecule is COc1cnc2c(-c3nc4cc(F)c(O[C@@H](C)[C@@H](C)N(C(=O)O)c5ccc(C)nc5)cc4s3)cc(Cl)cc2n1. The van der Waals surface area contributed by atoms with Gasteiger partial charge in [0.2, 0.25) is 5.88 Å². The van der Waals surface area contributed by atoms with Crippen LogP contribution >= 0.6 is 22.9 Å². The average Bonchev–Trinajstić information content (AvgIpc) is 3.31. The molecule has 0 aliphatic rings. The number of thiazole rings is 1. The number of benzene rings is 2. The second-order valence-corrected chi connectivity index (χ2v) is 10.3. The Morgan fingerprint density at radius 2 is 1.90 bits per heavy atom. The van der Waals surface area contributed by atoms with Gasteiger partial charge in [0.05, 0.1) is 52.5 Å². The number of anilines is 1. The molecule has 3 aromatic heterocycles. The lowest BCUT2D eigenvalue weighted by molar-refractivity contribution is 0.167. The van der Waals surface area contributed by atoms with Gasteiger partial charge < -0.3 is 14.6 Å². The fourth-order valence-corrected chi connectivity index (χ4v) is 5.31. The third kappa shape index (κ3) is 5.27. The molecule has 0 spiro atoms. The van der Waals surface area contributed by atoms with E-state index in [-0.39, 0.29) is 5.75 Å². The van der Waals surface area contributed by atoms with Crippen molar-refractivity contribution in [1.82, 2.24) is 19.9 Å². The third-order valence-corrected chi connectivity index (χ3v) is 7.52. The Morgan fingerprint density at radius 3 is 2.59 bits per heavy atom. The largest absolute Gasteiger partial charge is 0.485 e. The van der Waals surface area contributed by atoms with Gasteiger partial charge in [0.1, 0.15) is 11.1 Å². The van der Waals surface area contributed by atoms with Crippen molar-refractivity contribution in [1.29, 1.82) is 0 Å². The smallest absolute Gasteiger partial charge is 0.412 e. The van der Waals surface area contributed by atoms with Crippen LogP contribution in [0, 0.1) is 12.7 Å². The van der Waals surface area contributed by atoms with E-state index in [0.29, 0.717) is 48.4 Å². The number of carbonyl (C=O) groups is 1. The molecule has 0 fully saturated rings. The molecule has 0 unspecified atom stereocenters. The Morgan fingerprint density at radius 1 is 1.10 bits per heavy atom. The molecular formula is C27H23ClFN5O4S. The second-order valence-electron chi connectivity index (χ2n) is 8.88. The highest BCUT2D eigenvalue weighted by Crippen LogP contribution is 2.38. The lowest BCUT2D eigenvalue weighted by Crippen LogP contribution is -2.46. The zero-order chi connectivity index (χ0) is 27.8. The van der Waals surface area contributed by atoms with Crippen LogP contribution in [0.3, 0.4) is 0 Å². The lowest BCUT2D eigenvalue weighted by atomic mass is 10.1. The van der Waals surface area contributed by atoms with Crippen molar-refractivity contribution in [2.75, 3.05) is 12.0 Å². The number of aromatic nitrogens is 4. The molecule has 3 heterocycles. The molecule has 2 atom stereocenters. The van der Waals surface area contributed by atoms with Gasteiger partial charge >= 0.3 is 6.09 Å². The summed E-state index contributed by atoms with van der Waals surface area (Å²) in [7, 11) is 1.50. The molecule has 1 amide bonds. The first-order valence-corrected chi connectivity index (χ1v) is 13.1. The van der Waals surface area contributed by atoms with Gasteiger partial charge in [-0.2, -0.15) is 0 Å². The lowest BCUT2D eigenvalue weighted by Gasteiger charge is -2.31. The van der Waals surface area contributed by atoms with Crippen LogP contribution in [0.15, 0.2) is 48.8 Å². The quantitative estimate of drug-likeness (QED) is 0.230. The standard InChI is InChI=1S/C27H23ClFN5O4S/c1-13-5-6-17(11-30-13)34(27(35)36)14(2)15(3)38-22-10-23-20(9-19(22)29)33-26(39-23)18-7-16(28)8-21-25(18)31-12-24(32-21)37-4/h5-12,14-15H,1-4H3,(H,35,36)/t14-,15+/m1/s1. The van der Waals surface area contributed by atoms with E-state index < -0.39 is 24.1 Å². The first-order valence-electron chi connectivity index (χ1n) is 11.9. The Hall–Kier alpha value is -4.09. The van der Waals surface area contributed by atoms with Crippen LogP contribution in [0.4, 0.5) is 14.9 Å². The highest BCUT2D eigenvalue weighted by atomic mass is 35.5. The summed E-state index contributed by atoms with van der Waals surface area (Å²) in [6.45, 7) is 5.20. The molecule has 0 aliphatic heterocycles. The molecule has 5 aromatic rings. The topological polar surface area (TPSA) is 111 Å². The van der Waals surface area contributed by atoms with Crippen LogP contribution in [0.5, 0.6) is 11.6 Å². The summed E-state index contributed by atoms with van der Waals surface area (Å²) in [5, 5.41) is 10.9. The summed E-state index contributed by atoms with van der Waals surface area (Å²) in [5.41, 5.74) is 3.38. The minimum atomic E-state index is -1.17. The van der Waals surface area contributed by atoms with E-state index in [1.54, 1.807) is 44.2 Å². The van der Waals surface area contributed by atoms with Gasteiger partial charge in [-0.3, -0.25) is 9.88 Å². The summed E-state index contributed by atoms with van der Waals surface area (Å²) in [6, 6.07) is 9.03. The van der Waals surface area contributed by atoms with Gasteiger partial charge in [-0.05, 0) is 45.0 Å². The van der Waals surface area contributed by atoms with E-state index in [9.17, 15) is 9.90 Å². The zero-order valence-electron chi connectivity index (χ0n) is 21.3. The summed E-state index contributed by atoms with van der Waals surface area (Å²) in [5.74, 6) is -0.269. The predicted molar refractivity (Wildman–Crippen MR) is 149 cm³/mol. The molecule has 1 N–H and O–H groups in total. The zero-order valence-corrected chi connectivity index (χ0v) is 22.9. The maximum Gasteiger partial charge on any atom is 0.412 e. The van der Waals surface area contributed by atoms with Gasteiger partial charge in [0.15, 0.2) is 11.6 Å². The summed E-state index contributed by atoms with van der Waals surface area (Å²) in [4.78, 5) is 30.9. The predicted octanol–water partition coefficient (Wildman–Crippen LogP) is 6.75. The fraction of sp³-hybridized carbons (Fsp3) is 0.222. The molecule has 12 heteroatoms. The normalized spacial score (nSPS) is 12.9. The minimum absolute atomic E-state index is 0.00935. The number of ether oxygens (including phenoxy) is 2. The van der Waals surface area contributed by atoms with Crippen molar-refractivity contribution in [3.63, 3.8) is 0 Å². The molecule has 0 saturated heterocycles. The van der Waals surface area contributed by atoms with Crippen molar-refractivity contribution in [3.8, 4) is 22.2 Å². The van der Waals surface area contributed by atoms with Crippen molar-refractivity contribution >= 4 is 56.0 Å². The van der Waals surface area contributed by atoms with Crippen molar-refractivity contribution in [2.24, 2.45) is 0 Å². The van der Waals surface area contributed by atoms with Gasteiger partial charge in [0, 0.05) is 28.4 Å². The van der Waals surface area contributed by atoms with Gasteiger partial charge in [-0.1, -0.05) is 11.6 Å². The number of methoxy groups -OCH3 is 1. The number of nitrogens with zero attached hydrogens (tertiary/aromatic N) is 5. The number of fused-ring (bicyclic) bond motifs is 2. The Labute approximate surface area is 231 Å². The molecule has 0 radical (unpaired) electrons. The molecule has 200 valence electrons. The van der Waals surface area contributed by atoms with Crippen LogP contribution in [0.25, 0.3) is 31.8 Å². The molecule has 9 nitrogen and oxygen atoms in total. The Balaban J connectivity index is 1.46. The average molecular weight is 568 g/mol. The number of hydrogen-bond acceptors (Lipinski definition) is 8. The van der Waals surface area contributed by atoms with E-state index in [2.05, 4.69) is 19.9 Å². The number of rotatable bonds is 7. The summed E-state index contributed by atoms with van der Waals surface area (Å²) >= 11 is 7.67. The summed E-state index contributed by atoms with van der Waals surface area (Å²) < 4.78 is 26.9. The molecule has 0 saturated carbocycles. The van der Waals surface area contributed by atoms with E-state index >= 15 is 4.39 Å². The number of carboxylic acid groups (broad SMARTS) is 1. The van der Waals surface area contributed by atoms with E-state index in [1.165, 1.54) is 36.9 Å².